The minimum atomic E-state index is 0.102. The van der Waals surface area contributed by atoms with Crippen LogP contribution in [0.2, 0.25) is 0 Å². The molecule has 0 aliphatic heterocycles. The van der Waals surface area contributed by atoms with Gasteiger partial charge in [0.25, 0.3) is 0 Å². The van der Waals surface area contributed by atoms with Crippen molar-refractivity contribution in [1.82, 2.24) is 24.9 Å². The van der Waals surface area contributed by atoms with E-state index in [4.69, 9.17) is 0 Å². The van der Waals surface area contributed by atoms with Crippen LogP contribution in [0.25, 0.3) is 0 Å². The molecule has 0 amide bonds. The molecule has 2 aromatic rings. The van der Waals surface area contributed by atoms with E-state index in [1.54, 1.807) is 0 Å². The molecule has 6 heteroatoms. The van der Waals surface area contributed by atoms with Gasteiger partial charge in [-0.1, -0.05) is 6.92 Å². The standard InChI is InChI=1S/C12H18BrN5/c1-5-14-11(9-6-15-17(3)8(9)2)12-10(13)7-16-18(12)4/h6-7,11,14H,5H2,1-4H3. The summed E-state index contributed by atoms with van der Waals surface area (Å²) in [5.74, 6) is 0. The normalized spacial score (nSPS) is 12.9. The Hall–Kier alpha value is -1.14. The van der Waals surface area contributed by atoms with Gasteiger partial charge in [-0.25, -0.2) is 0 Å². The van der Waals surface area contributed by atoms with Crippen molar-refractivity contribution in [1.29, 1.82) is 0 Å². The fourth-order valence-electron chi connectivity index (χ4n) is 2.10. The number of rotatable bonds is 4. The predicted octanol–water partition coefficient (Wildman–Crippen LogP) is 1.92. The van der Waals surface area contributed by atoms with Crippen LogP contribution in [0.3, 0.4) is 0 Å². The maximum absolute atomic E-state index is 4.32. The first-order chi connectivity index (χ1) is 8.56. The van der Waals surface area contributed by atoms with Crippen LogP contribution in [-0.4, -0.2) is 26.1 Å². The second kappa shape index (κ2) is 5.24. The number of halogens is 1. The van der Waals surface area contributed by atoms with Gasteiger partial charge in [-0.3, -0.25) is 9.36 Å². The predicted molar refractivity (Wildman–Crippen MR) is 74.4 cm³/mol. The molecule has 0 radical (unpaired) electrons. The molecule has 5 nitrogen and oxygen atoms in total. The van der Waals surface area contributed by atoms with Gasteiger partial charge >= 0.3 is 0 Å². The van der Waals surface area contributed by atoms with E-state index in [0.29, 0.717) is 0 Å². The lowest BCUT2D eigenvalue weighted by atomic mass is 10.0. The highest BCUT2D eigenvalue weighted by Gasteiger charge is 2.23. The van der Waals surface area contributed by atoms with E-state index in [-0.39, 0.29) is 6.04 Å². The molecule has 2 rings (SSSR count). The molecule has 2 aromatic heterocycles. The number of hydrogen-bond donors (Lipinski definition) is 1. The lowest BCUT2D eigenvalue weighted by Crippen LogP contribution is -2.25. The maximum atomic E-state index is 4.32. The highest BCUT2D eigenvalue weighted by atomic mass is 79.9. The lowest BCUT2D eigenvalue weighted by molar-refractivity contribution is 0.567. The molecule has 0 spiro atoms. The van der Waals surface area contributed by atoms with E-state index in [1.807, 2.05) is 35.9 Å². The van der Waals surface area contributed by atoms with Crippen molar-refractivity contribution in [3.05, 3.63) is 33.8 Å². The molecular weight excluding hydrogens is 294 g/mol. The van der Waals surface area contributed by atoms with E-state index in [2.05, 4.69) is 45.3 Å². The summed E-state index contributed by atoms with van der Waals surface area (Å²) >= 11 is 3.57. The third kappa shape index (κ3) is 2.22. The second-order valence-electron chi connectivity index (χ2n) is 4.30. The van der Waals surface area contributed by atoms with Crippen molar-refractivity contribution >= 4 is 15.9 Å². The Balaban J connectivity index is 2.50. The molecule has 98 valence electrons. The van der Waals surface area contributed by atoms with Gasteiger partial charge in [0.2, 0.25) is 0 Å². The summed E-state index contributed by atoms with van der Waals surface area (Å²) in [7, 11) is 3.91. The first-order valence-corrected chi connectivity index (χ1v) is 6.74. The summed E-state index contributed by atoms with van der Waals surface area (Å²) < 4.78 is 4.80. The van der Waals surface area contributed by atoms with Gasteiger partial charge in [0.15, 0.2) is 0 Å². The average Bonchev–Trinajstić information content (AvgIpc) is 2.83. The van der Waals surface area contributed by atoms with Crippen LogP contribution in [0.1, 0.15) is 29.9 Å². The number of aromatic nitrogens is 4. The Labute approximate surface area is 115 Å². The minimum Gasteiger partial charge on any atom is -0.305 e. The molecule has 0 saturated carbocycles. The van der Waals surface area contributed by atoms with Gasteiger partial charge in [0, 0.05) is 25.4 Å². The van der Waals surface area contributed by atoms with Crippen molar-refractivity contribution in [2.75, 3.05) is 6.54 Å². The summed E-state index contributed by atoms with van der Waals surface area (Å²) in [6.07, 6.45) is 3.74. The van der Waals surface area contributed by atoms with Gasteiger partial charge in [-0.15, -0.1) is 0 Å². The fraction of sp³-hybridized carbons (Fsp3) is 0.500. The zero-order chi connectivity index (χ0) is 13.3. The minimum absolute atomic E-state index is 0.102. The molecule has 0 bridgehead atoms. The molecule has 0 aliphatic rings. The monoisotopic (exact) mass is 311 g/mol. The molecule has 0 aliphatic carbocycles. The Morgan fingerprint density at radius 3 is 2.39 bits per heavy atom. The quantitative estimate of drug-likeness (QED) is 0.938. The van der Waals surface area contributed by atoms with E-state index in [1.165, 1.54) is 5.56 Å². The molecule has 2 heterocycles. The molecule has 1 N–H and O–H groups in total. The molecule has 0 aromatic carbocycles. The van der Waals surface area contributed by atoms with Crippen LogP contribution in [0.4, 0.5) is 0 Å². The second-order valence-corrected chi connectivity index (χ2v) is 5.16. The van der Waals surface area contributed by atoms with Crippen LogP contribution in [-0.2, 0) is 14.1 Å². The SMILES string of the molecule is CCNC(c1cnn(C)c1C)c1c(Br)cnn1C. The van der Waals surface area contributed by atoms with Crippen LogP contribution in [0.15, 0.2) is 16.9 Å². The van der Waals surface area contributed by atoms with Crippen LogP contribution in [0, 0.1) is 6.92 Å². The average molecular weight is 312 g/mol. The van der Waals surface area contributed by atoms with Gasteiger partial charge in [0.1, 0.15) is 0 Å². The van der Waals surface area contributed by atoms with Crippen molar-refractivity contribution < 1.29 is 0 Å². The Kier molecular flexibility index (Phi) is 3.87. The van der Waals surface area contributed by atoms with Gasteiger partial charge in [0.05, 0.1) is 28.6 Å². The topological polar surface area (TPSA) is 47.7 Å². The summed E-state index contributed by atoms with van der Waals surface area (Å²) in [4.78, 5) is 0. The molecular formula is C12H18BrN5. The van der Waals surface area contributed by atoms with Gasteiger partial charge in [-0.05, 0) is 29.4 Å². The van der Waals surface area contributed by atoms with Crippen LogP contribution in [0.5, 0.6) is 0 Å². The van der Waals surface area contributed by atoms with Gasteiger partial charge in [-0.2, -0.15) is 10.2 Å². The van der Waals surface area contributed by atoms with Crippen molar-refractivity contribution in [3.8, 4) is 0 Å². The fourth-order valence-corrected chi connectivity index (χ4v) is 2.68. The first-order valence-electron chi connectivity index (χ1n) is 5.95. The first kappa shape index (κ1) is 13.3. The zero-order valence-corrected chi connectivity index (χ0v) is 12.7. The molecule has 1 unspecified atom stereocenters. The molecule has 18 heavy (non-hydrogen) atoms. The zero-order valence-electron chi connectivity index (χ0n) is 11.1. The van der Waals surface area contributed by atoms with Crippen LogP contribution >= 0.6 is 15.9 Å². The smallest absolute Gasteiger partial charge is 0.0793 e. The summed E-state index contributed by atoms with van der Waals surface area (Å²) in [5, 5.41) is 12.1. The third-order valence-electron chi connectivity index (χ3n) is 3.20. The van der Waals surface area contributed by atoms with E-state index in [9.17, 15) is 0 Å². The van der Waals surface area contributed by atoms with Crippen LogP contribution < -0.4 is 5.32 Å². The maximum Gasteiger partial charge on any atom is 0.0793 e. The number of hydrogen-bond acceptors (Lipinski definition) is 3. The summed E-state index contributed by atoms with van der Waals surface area (Å²) in [5.41, 5.74) is 3.46. The number of nitrogens with one attached hydrogen (secondary N) is 1. The van der Waals surface area contributed by atoms with Gasteiger partial charge < -0.3 is 5.32 Å². The number of aryl methyl sites for hydroxylation is 2. The molecule has 0 fully saturated rings. The third-order valence-corrected chi connectivity index (χ3v) is 3.81. The highest BCUT2D eigenvalue weighted by molar-refractivity contribution is 9.10. The molecule has 1 atom stereocenters. The van der Waals surface area contributed by atoms with E-state index in [0.717, 1.165) is 22.4 Å². The number of nitrogens with zero attached hydrogens (tertiary/aromatic N) is 4. The highest BCUT2D eigenvalue weighted by Crippen LogP contribution is 2.29. The Morgan fingerprint density at radius 2 is 1.94 bits per heavy atom. The van der Waals surface area contributed by atoms with E-state index < -0.39 is 0 Å². The Morgan fingerprint density at radius 1 is 1.28 bits per heavy atom. The van der Waals surface area contributed by atoms with Crippen molar-refractivity contribution in [2.24, 2.45) is 14.1 Å². The van der Waals surface area contributed by atoms with E-state index >= 15 is 0 Å². The van der Waals surface area contributed by atoms with Crippen molar-refractivity contribution in [2.45, 2.75) is 19.9 Å². The Bertz CT molecular complexity index is 523. The van der Waals surface area contributed by atoms with Crippen molar-refractivity contribution in [3.63, 3.8) is 0 Å². The summed E-state index contributed by atoms with van der Waals surface area (Å²) in [6, 6.07) is 0.102. The molecule has 0 saturated heterocycles. The lowest BCUT2D eigenvalue weighted by Gasteiger charge is -2.19. The largest absolute Gasteiger partial charge is 0.305 e. The summed E-state index contributed by atoms with van der Waals surface area (Å²) in [6.45, 7) is 5.07.